The highest BCUT2D eigenvalue weighted by molar-refractivity contribution is 8.14. The summed E-state index contributed by atoms with van der Waals surface area (Å²) in [6, 6.07) is 6.49. The van der Waals surface area contributed by atoms with Crippen molar-refractivity contribution >= 4 is 28.8 Å². The minimum atomic E-state index is -0.260. The maximum Gasteiger partial charge on any atom is 0.289 e. The number of carbonyl (C=O) groups is 3. The summed E-state index contributed by atoms with van der Waals surface area (Å²) in [5.41, 5.74) is 0. The lowest BCUT2D eigenvalue weighted by Gasteiger charge is -2.36. The molecule has 8 heteroatoms. The number of rotatable bonds is 6. The summed E-state index contributed by atoms with van der Waals surface area (Å²) in [4.78, 5) is 37.6. The monoisotopic (exact) mass is 378 g/mol. The average Bonchev–Trinajstić information content (AvgIpc) is 2.99. The van der Waals surface area contributed by atoms with E-state index in [1.165, 1.54) is 4.90 Å². The van der Waals surface area contributed by atoms with Crippen molar-refractivity contribution in [2.45, 2.75) is 37.8 Å². The second-order valence-corrected chi connectivity index (χ2v) is 7.23. The maximum absolute atomic E-state index is 12.3. The maximum atomic E-state index is 12.3. The van der Waals surface area contributed by atoms with E-state index in [9.17, 15) is 14.4 Å². The van der Waals surface area contributed by atoms with Gasteiger partial charge in [0.1, 0.15) is 11.5 Å². The summed E-state index contributed by atoms with van der Waals surface area (Å²) in [6.45, 7) is -0.119. The van der Waals surface area contributed by atoms with Gasteiger partial charge in [-0.15, -0.1) is 0 Å². The number of methoxy groups -OCH3 is 1. The SMILES string of the molecule is COc1ccc(OCC(=O)NC2CCCCC2N2C(=O)CSC2=O)cc1. The van der Waals surface area contributed by atoms with Crippen molar-refractivity contribution in [3.63, 3.8) is 0 Å². The zero-order valence-electron chi connectivity index (χ0n) is 14.6. The lowest BCUT2D eigenvalue weighted by atomic mass is 9.89. The largest absolute Gasteiger partial charge is 0.497 e. The van der Waals surface area contributed by atoms with E-state index in [2.05, 4.69) is 5.32 Å². The van der Waals surface area contributed by atoms with Crippen molar-refractivity contribution in [3.8, 4) is 11.5 Å². The molecule has 1 aromatic rings. The lowest BCUT2D eigenvalue weighted by molar-refractivity contribution is -0.129. The molecule has 2 unspecified atom stereocenters. The molecule has 0 aromatic heterocycles. The van der Waals surface area contributed by atoms with Gasteiger partial charge in [0.15, 0.2) is 6.61 Å². The summed E-state index contributed by atoms with van der Waals surface area (Å²) in [5, 5.41) is 2.72. The van der Waals surface area contributed by atoms with Gasteiger partial charge < -0.3 is 14.8 Å². The fourth-order valence-corrected chi connectivity index (χ4v) is 4.11. The van der Waals surface area contributed by atoms with Crippen molar-refractivity contribution < 1.29 is 23.9 Å². The van der Waals surface area contributed by atoms with Gasteiger partial charge in [0.05, 0.1) is 18.9 Å². The third-order valence-electron chi connectivity index (χ3n) is 4.62. The van der Waals surface area contributed by atoms with Gasteiger partial charge in [0.25, 0.3) is 11.1 Å². The molecule has 0 bridgehead atoms. The molecule has 1 aromatic carbocycles. The van der Waals surface area contributed by atoms with Crippen LogP contribution in [0.3, 0.4) is 0 Å². The van der Waals surface area contributed by atoms with E-state index >= 15 is 0 Å². The molecule has 140 valence electrons. The quantitative estimate of drug-likeness (QED) is 0.817. The predicted octanol–water partition coefficient (Wildman–Crippen LogP) is 2.20. The summed E-state index contributed by atoms with van der Waals surface area (Å²) >= 11 is 1.03. The zero-order valence-corrected chi connectivity index (χ0v) is 15.4. The lowest BCUT2D eigenvalue weighted by Crippen LogP contribution is -2.55. The first-order valence-corrected chi connectivity index (χ1v) is 9.62. The zero-order chi connectivity index (χ0) is 18.5. The van der Waals surface area contributed by atoms with Crippen LogP contribution in [0.5, 0.6) is 11.5 Å². The second kappa shape index (κ2) is 8.44. The molecule has 1 aliphatic carbocycles. The van der Waals surface area contributed by atoms with Gasteiger partial charge in [-0.2, -0.15) is 0 Å². The van der Waals surface area contributed by atoms with Gasteiger partial charge in [-0.1, -0.05) is 24.6 Å². The number of thioether (sulfide) groups is 1. The van der Waals surface area contributed by atoms with Crippen molar-refractivity contribution in [2.75, 3.05) is 19.5 Å². The van der Waals surface area contributed by atoms with E-state index in [-0.39, 0.29) is 41.5 Å². The number of benzene rings is 1. The number of nitrogens with one attached hydrogen (secondary N) is 1. The Morgan fingerprint density at radius 2 is 1.88 bits per heavy atom. The minimum Gasteiger partial charge on any atom is -0.497 e. The number of nitrogens with zero attached hydrogens (tertiary/aromatic N) is 1. The summed E-state index contributed by atoms with van der Waals surface area (Å²) < 4.78 is 10.6. The molecule has 1 saturated carbocycles. The van der Waals surface area contributed by atoms with Crippen molar-refractivity contribution in [3.05, 3.63) is 24.3 Å². The fraction of sp³-hybridized carbons (Fsp3) is 0.500. The first kappa shape index (κ1) is 18.6. The Labute approximate surface area is 156 Å². The molecule has 2 atom stereocenters. The van der Waals surface area contributed by atoms with Crippen LogP contribution < -0.4 is 14.8 Å². The molecular formula is C18H22N2O5S. The number of carbonyl (C=O) groups excluding carboxylic acids is 3. The van der Waals surface area contributed by atoms with Gasteiger partial charge in [-0.3, -0.25) is 19.3 Å². The second-order valence-electron chi connectivity index (χ2n) is 6.31. The normalized spacial score (nSPS) is 23.0. The number of hydrogen-bond acceptors (Lipinski definition) is 6. The molecule has 2 aliphatic rings. The van der Waals surface area contributed by atoms with Gasteiger partial charge in [-0.25, -0.2) is 0 Å². The van der Waals surface area contributed by atoms with Gasteiger partial charge in [0.2, 0.25) is 5.91 Å². The minimum absolute atomic E-state index is 0.119. The molecular weight excluding hydrogens is 356 g/mol. The van der Waals surface area contributed by atoms with E-state index in [4.69, 9.17) is 9.47 Å². The average molecular weight is 378 g/mol. The number of amides is 3. The Morgan fingerprint density at radius 3 is 2.54 bits per heavy atom. The molecule has 26 heavy (non-hydrogen) atoms. The predicted molar refractivity (Wildman–Crippen MR) is 97.4 cm³/mol. The highest BCUT2D eigenvalue weighted by atomic mass is 32.2. The van der Waals surface area contributed by atoms with E-state index in [0.717, 1.165) is 37.4 Å². The molecule has 2 fully saturated rings. The number of hydrogen-bond donors (Lipinski definition) is 1. The van der Waals surface area contributed by atoms with Crippen LogP contribution in [0, 0.1) is 0 Å². The highest BCUT2D eigenvalue weighted by Crippen LogP contribution is 2.30. The highest BCUT2D eigenvalue weighted by Gasteiger charge is 2.41. The van der Waals surface area contributed by atoms with Crippen molar-refractivity contribution in [2.24, 2.45) is 0 Å². The van der Waals surface area contributed by atoms with Crippen LogP contribution in [-0.4, -0.2) is 53.5 Å². The molecule has 1 heterocycles. The number of ether oxygens (including phenoxy) is 2. The van der Waals surface area contributed by atoms with Crippen LogP contribution in [0.1, 0.15) is 25.7 Å². The first-order chi connectivity index (χ1) is 12.6. The third-order valence-corrected chi connectivity index (χ3v) is 5.46. The Balaban J connectivity index is 1.56. The molecule has 1 N–H and O–H groups in total. The van der Waals surface area contributed by atoms with Crippen LogP contribution in [0.25, 0.3) is 0 Å². The molecule has 3 rings (SSSR count). The molecule has 0 spiro atoms. The Morgan fingerprint density at radius 1 is 1.19 bits per heavy atom. The van der Waals surface area contributed by atoms with Gasteiger partial charge in [-0.05, 0) is 37.1 Å². The Hall–Kier alpha value is -2.22. The van der Waals surface area contributed by atoms with E-state index < -0.39 is 0 Å². The van der Waals surface area contributed by atoms with Crippen LogP contribution >= 0.6 is 11.8 Å². The van der Waals surface area contributed by atoms with Crippen LogP contribution in [-0.2, 0) is 9.59 Å². The number of imide groups is 1. The molecule has 7 nitrogen and oxygen atoms in total. The van der Waals surface area contributed by atoms with E-state index in [1.54, 1.807) is 31.4 Å². The van der Waals surface area contributed by atoms with E-state index in [0.29, 0.717) is 11.5 Å². The molecule has 0 radical (unpaired) electrons. The van der Waals surface area contributed by atoms with Crippen LogP contribution in [0.2, 0.25) is 0 Å². The summed E-state index contributed by atoms with van der Waals surface area (Å²) in [7, 11) is 1.58. The van der Waals surface area contributed by atoms with E-state index in [1.807, 2.05) is 0 Å². The summed E-state index contributed by atoms with van der Waals surface area (Å²) in [6.07, 6.45) is 3.38. The van der Waals surface area contributed by atoms with Crippen molar-refractivity contribution in [1.29, 1.82) is 0 Å². The van der Waals surface area contributed by atoms with Crippen LogP contribution in [0.4, 0.5) is 4.79 Å². The van der Waals surface area contributed by atoms with Crippen LogP contribution in [0.15, 0.2) is 24.3 Å². The molecule has 1 saturated heterocycles. The van der Waals surface area contributed by atoms with Crippen molar-refractivity contribution in [1.82, 2.24) is 10.2 Å². The smallest absolute Gasteiger partial charge is 0.289 e. The molecule has 3 amide bonds. The van der Waals surface area contributed by atoms with Gasteiger partial charge in [0, 0.05) is 6.04 Å². The fourth-order valence-electron chi connectivity index (χ4n) is 3.34. The molecule has 1 aliphatic heterocycles. The first-order valence-electron chi connectivity index (χ1n) is 8.63. The third kappa shape index (κ3) is 4.30. The standard InChI is InChI=1S/C18H22N2O5S/c1-24-12-6-8-13(9-7-12)25-10-16(21)19-14-4-2-3-5-15(14)20-17(22)11-26-18(20)23/h6-9,14-15H,2-5,10-11H2,1H3,(H,19,21). The topological polar surface area (TPSA) is 84.9 Å². The Kier molecular flexibility index (Phi) is 6.03. The van der Waals surface area contributed by atoms with Gasteiger partial charge >= 0.3 is 0 Å². The Bertz CT molecular complexity index is 663. The summed E-state index contributed by atoms with van der Waals surface area (Å²) in [5.74, 6) is 1.05.